The molecule has 5 rings (SSSR count). The number of pyridine rings is 1. The van der Waals surface area contributed by atoms with E-state index in [9.17, 15) is 20.0 Å². The van der Waals surface area contributed by atoms with E-state index in [0.717, 1.165) is 11.1 Å². The molecule has 11 nitrogen and oxygen atoms in total. The number of anilines is 2. The van der Waals surface area contributed by atoms with Crippen LogP contribution in [0.2, 0.25) is 0 Å². The van der Waals surface area contributed by atoms with E-state index in [0.29, 0.717) is 33.8 Å². The maximum Gasteiger partial charge on any atom is 0.269 e. The fourth-order valence-corrected chi connectivity index (χ4v) is 4.73. The minimum Gasteiger partial charge on any atom is -0.508 e. The van der Waals surface area contributed by atoms with Gasteiger partial charge in [0.15, 0.2) is 0 Å². The Balaban J connectivity index is 1.45. The van der Waals surface area contributed by atoms with Crippen molar-refractivity contribution in [1.82, 2.24) is 19.7 Å². The number of nitrogens with zero attached hydrogens (tertiary/aromatic N) is 5. The Kier molecular flexibility index (Phi) is 6.56. The molecule has 12 heteroatoms. The molecule has 0 bridgehead atoms. The molecule has 1 amide bonds. The number of nitro groups is 1. The second-order valence-electron chi connectivity index (χ2n) is 8.23. The van der Waals surface area contributed by atoms with Gasteiger partial charge in [0.2, 0.25) is 11.1 Å². The highest BCUT2D eigenvalue weighted by atomic mass is 32.2. The Morgan fingerprint density at radius 1 is 1.19 bits per heavy atom. The van der Waals surface area contributed by atoms with Gasteiger partial charge in [0.1, 0.15) is 11.8 Å². The highest BCUT2D eigenvalue weighted by molar-refractivity contribution is 7.98. The average Bonchev–Trinajstić information content (AvgIpc) is 3.30. The molecule has 1 aliphatic heterocycles. The van der Waals surface area contributed by atoms with E-state index >= 15 is 0 Å². The van der Waals surface area contributed by atoms with Crippen LogP contribution in [0.15, 0.2) is 89.5 Å². The molecule has 0 radical (unpaired) electrons. The first-order valence-corrected chi connectivity index (χ1v) is 12.2. The number of hydrogen-bond acceptors (Lipinski definition) is 9. The molecule has 1 aliphatic rings. The third kappa shape index (κ3) is 5.14. The summed E-state index contributed by atoms with van der Waals surface area (Å²) >= 11 is 1.37. The molecule has 1 unspecified atom stereocenters. The third-order valence-corrected chi connectivity index (χ3v) is 6.63. The zero-order chi connectivity index (χ0) is 25.9. The molecule has 0 fully saturated rings. The number of allylic oxidation sites excluding steroid dienone is 1. The number of fused-ring (bicyclic) bond motifs is 1. The van der Waals surface area contributed by atoms with Crippen molar-refractivity contribution in [3.8, 4) is 5.75 Å². The zero-order valence-electron chi connectivity index (χ0n) is 19.5. The number of carbonyl (C=O) groups is 1. The van der Waals surface area contributed by atoms with Gasteiger partial charge in [-0.05, 0) is 42.3 Å². The number of aromatic nitrogens is 4. The van der Waals surface area contributed by atoms with E-state index in [1.807, 2.05) is 0 Å². The maximum atomic E-state index is 13.4. The second kappa shape index (κ2) is 10.1. The number of aromatic hydroxyl groups is 1. The van der Waals surface area contributed by atoms with Gasteiger partial charge in [-0.3, -0.25) is 19.9 Å². The topological polar surface area (TPSA) is 148 Å². The number of nitrogens with one attached hydrogen (secondary N) is 2. The molecule has 3 N–H and O–H groups in total. The predicted octanol–water partition coefficient (Wildman–Crippen LogP) is 4.51. The van der Waals surface area contributed by atoms with Crippen LogP contribution in [0.4, 0.5) is 17.3 Å². The van der Waals surface area contributed by atoms with Gasteiger partial charge in [0.05, 0.1) is 22.4 Å². The molecule has 186 valence electrons. The summed E-state index contributed by atoms with van der Waals surface area (Å²) in [7, 11) is 0. The fraction of sp³-hybridized carbons (Fsp3) is 0.120. The van der Waals surface area contributed by atoms with E-state index in [4.69, 9.17) is 0 Å². The lowest BCUT2D eigenvalue weighted by Gasteiger charge is -2.28. The molecule has 1 atom stereocenters. The lowest BCUT2D eigenvalue weighted by atomic mass is 9.95. The van der Waals surface area contributed by atoms with Gasteiger partial charge >= 0.3 is 0 Å². The Morgan fingerprint density at radius 3 is 2.62 bits per heavy atom. The molecule has 0 spiro atoms. The lowest BCUT2D eigenvalue weighted by Crippen LogP contribution is -2.31. The van der Waals surface area contributed by atoms with Gasteiger partial charge in [0, 0.05) is 29.8 Å². The van der Waals surface area contributed by atoms with E-state index in [1.54, 1.807) is 72.5 Å². The molecule has 37 heavy (non-hydrogen) atoms. The first-order chi connectivity index (χ1) is 17.9. The number of nitro benzene ring substituents is 1. The summed E-state index contributed by atoms with van der Waals surface area (Å²) in [6.45, 7) is 1.80. The van der Waals surface area contributed by atoms with Crippen LogP contribution in [0, 0.1) is 10.1 Å². The molecule has 4 aromatic rings. The number of carbonyl (C=O) groups excluding carboxylic acids is 1. The molecule has 0 saturated heterocycles. The van der Waals surface area contributed by atoms with Gasteiger partial charge in [-0.15, -0.1) is 5.10 Å². The number of hydrogen-bond donors (Lipinski definition) is 3. The molecule has 3 heterocycles. The van der Waals surface area contributed by atoms with Crippen molar-refractivity contribution in [2.24, 2.45) is 0 Å². The SMILES string of the molecule is CC1=C(C(=O)Nc2cccnc2)C(c2ccc(O)cc2)n2nc(SCc3ccc([N+](=O)[O-])cc3)nc2N1. The average molecular weight is 516 g/mol. The molecule has 2 aromatic heterocycles. The first kappa shape index (κ1) is 24.0. The molecular formula is C25H21N7O4S. The van der Waals surface area contributed by atoms with Crippen LogP contribution in [0.25, 0.3) is 0 Å². The highest BCUT2D eigenvalue weighted by Gasteiger charge is 2.34. The summed E-state index contributed by atoms with van der Waals surface area (Å²) in [4.78, 5) is 32.5. The lowest BCUT2D eigenvalue weighted by molar-refractivity contribution is -0.384. The molecule has 2 aromatic carbocycles. The van der Waals surface area contributed by atoms with E-state index < -0.39 is 11.0 Å². The Hall–Kier alpha value is -4.71. The van der Waals surface area contributed by atoms with Crippen LogP contribution in [-0.2, 0) is 10.5 Å². The van der Waals surface area contributed by atoms with Gasteiger partial charge in [-0.2, -0.15) is 4.98 Å². The number of benzene rings is 2. The normalized spacial score (nSPS) is 14.6. The summed E-state index contributed by atoms with van der Waals surface area (Å²) in [6.07, 6.45) is 3.19. The molecule has 0 aliphatic carbocycles. The molecular weight excluding hydrogens is 494 g/mol. The van der Waals surface area contributed by atoms with E-state index in [1.165, 1.54) is 23.9 Å². The summed E-state index contributed by atoms with van der Waals surface area (Å²) < 4.78 is 1.65. The summed E-state index contributed by atoms with van der Waals surface area (Å²) in [5, 5.41) is 31.9. The standard InChI is InChI=1S/C25H21N7O4S/c1-15-21(23(34)28-18-3-2-12-26-13-18)22(17-6-10-20(33)11-7-17)31-24(27-15)29-25(30-31)37-14-16-4-8-19(9-5-16)32(35)36/h2-13,22,33H,14H2,1H3,(H,28,34)(H,27,29,30). The van der Waals surface area contributed by atoms with Crippen molar-refractivity contribution in [1.29, 1.82) is 0 Å². The van der Waals surface area contributed by atoms with Crippen molar-refractivity contribution in [3.63, 3.8) is 0 Å². The highest BCUT2D eigenvalue weighted by Crippen LogP contribution is 2.37. The van der Waals surface area contributed by atoms with Crippen molar-refractivity contribution in [2.75, 3.05) is 10.6 Å². The van der Waals surface area contributed by atoms with Crippen molar-refractivity contribution >= 4 is 35.0 Å². The second-order valence-corrected chi connectivity index (χ2v) is 9.17. The largest absolute Gasteiger partial charge is 0.508 e. The van der Waals surface area contributed by atoms with Crippen LogP contribution in [0.1, 0.15) is 24.1 Å². The Morgan fingerprint density at radius 2 is 1.95 bits per heavy atom. The predicted molar refractivity (Wildman–Crippen MR) is 138 cm³/mol. The summed E-state index contributed by atoms with van der Waals surface area (Å²) in [5.41, 5.74) is 3.28. The number of phenols is 1. The number of amides is 1. The van der Waals surface area contributed by atoms with Crippen molar-refractivity contribution in [2.45, 2.75) is 23.9 Å². The minimum absolute atomic E-state index is 0.0314. The van der Waals surface area contributed by atoms with Crippen LogP contribution in [-0.4, -0.2) is 35.7 Å². The monoisotopic (exact) mass is 515 g/mol. The molecule has 0 saturated carbocycles. The number of non-ortho nitro benzene ring substituents is 1. The number of rotatable bonds is 7. The smallest absolute Gasteiger partial charge is 0.269 e. The Bertz CT molecular complexity index is 1490. The minimum atomic E-state index is -0.602. The Labute approximate surface area is 215 Å². The summed E-state index contributed by atoms with van der Waals surface area (Å²) in [5.74, 6) is 0.765. The van der Waals surface area contributed by atoms with Crippen LogP contribution < -0.4 is 10.6 Å². The van der Waals surface area contributed by atoms with E-state index in [-0.39, 0.29) is 17.3 Å². The van der Waals surface area contributed by atoms with E-state index in [2.05, 4.69) is 25.7 Å². The quantitative estimate of drug-likeness (QED) is 0.184. The zero-order valence-corrected chi connectivity index (χ0v) is 20.3. The van der Waals surface area contributed by atoms with Crippen LogP contribution in [0.5, 0.6) is 5.75 Å². The van der Waals surface area contributed by atoms with Gasteiger partial charge in [-0.1, -0.05) is 36.0 Å². The van der Waals surface area contributed by atoms with Gasteiger partial charge in [-0.25, -0.2) is 4.68 Å². The van der Waals surface area contributed by atoms with Gasteiger partial charge < -0.3 is 15.7 Å². The third-order valence-electron chi connectivity index (χ3n) is 5.72. The maximum absolute atomic E-state index is 13.4. The summed E-state index contributed by atoms with van der Waals surface area (Å²) in [6, 6.07) is 15.8. The number of phenolic OH excluding ortho intramolecular Hbond substituents is 1. The number of thioether (sulfide) groups is 1. The van der Waals surface area contributed by atoms with Crippen LogP contribution >= 0.6 is 11.8 Å². The fourth-order valence-electron chi connectivity index (χ4n) is 3.95. The van der Waals surface area contributed by atoms with Crippen LogP contribution in [0.3, 0.4) is 0 Å². The van der Waals surface area contributed by atoms with Gasteiger partial charge in [0.25, 0.3) is 11.6 Å². The van der Waals surface area contributed by atoms with Crippen molar-refractivity contribution in [3.05, 3.63) is 106 Å². The first-order valence-electron chi connectivity index (χ1n) is 11.2. The van der Waals surface area contributed by atoms with Crippen molar-refractivity contribution < 1.29 is 14.8 Å².